The zero-order valence-electron chi connectivity index (χ0n) is 15.7. The van der Waals surface area contributed by atoms with E-state index in [-0.39, 0.29) is 5.91 Å². The molecule has 1 aromatic heterocycles. The van der Waals surface area contributed by atoms with E-state index in [1.165, 1.54) is 17.5 Å². The number of hydrogen-bond donors (Lipinski definition) is 2. The fourth-order valence-electron chi connectivity index (χ4n) is 3.49. The van der Waals surface area contributed by atoms with Gasteiger partial charge in [-0.2, -0.15) is 0 Å². The topological polar surface area (TPSA) is 63.2 Å². The third-order valence-corrected chi connectivity index (χ3v) is 4.97. The van der Waals surface area contributed by atoms with E-state index >= 15 is 0 Å². The normalized spacial score (nSPS) is 12.4. The predicted octanol–water partition coefficient (Wildman–Crippen LogP) is 4.04. The number of nitrogens with zero attached hydrogens (tertiary/aromatic N) is 1. The highest BCUT2D eigenvalue weighted by Gasteiger charge is 2.13. The highest BCUT2D eigenvalue weighted by molar-refractivity contribution is 5.98. The highest BCUT2D eigenvalue weighted by atomic mass is 16.6. The van der Waals surface area contributed by atoms with Gasteiger partial charge in [0.15, 0.2) is 0 Å². The molecule has 0 bridgehead atoms. The van der Waals surface area contributed by atoms with Gasteiger partial charge >= 0.3 is 0 Å². The number of hydroxylamine groups is 1. The summed E-state index contributed by atoms with van der Waals surface area (Å²) < 4.78 is 0. The first-order chi connectivity index (χ1) is 13.8. The Bertz CT molecular complexity index is 957. The van der Waals surface area contributed by atoms with E-state index in [4.69, 9.17) is 4.84 Å². The average Bonchev–Trinajstić information content (AvgIpc) is 3.21. The van der Waals surface area contributed by atoms with Gasteiger partial charge in [-0.3, -0.25) is 14.6 Å². The molecule has 1 aliphatic rings. The van der Waals surface area contributed by atoms with E-state index in [9.17, 15) is 4.79 Å². The lowest BCUT2D eigenvalue weighted by atomic mass is 10.1. The third-order valence-electron chi connectivity index (χ3n) is 4.97. The minimum Gasteiger partial charge on any atom is -0.380 e. The first-order valence-corrected chi connectivity index (χ1v) is 9.54. The number of carbonyl (C=O) groups excluding carboxylic acids is 1. The van der Waals surface area contributed by atoms with Crippen molar-refractivity contribution in [1.29, 1.82) is 0 Å². The van der Waals surface area contributed by atoms with Gasteiger partial charge < -0.3 is 5.32 Å². The van der Waals surface area contributed by atoms with E-state index in [0.29, 0.717) is 18.7 Å². The Labute approximate surface area is 164 Å². The Hall–Kier alpha value is -3.18. The standard InChI is InChI=1S/C23H23N3O2/c27-23(26-28-16-18-8-9-19-4-3-5-20(19)14-18)21-6-1-2-7-22(21)25-15-17-10-12-24-13-11-17/h1-2,6-14,25H,3-5,15-16H2,(H,26,27). The van der Waals surface area contributed by atoms with Crippen molar-refractivity contribution >= 4 is 11.6 Å². The number of amides is 1. The zero-order valence-corrected chi connectivity index (χ0v) is 15.7. The Kier molecular flexibility index (Phi) is 5.64. The third kappa shape index (κ3) is 4.38. The number of para-hydroxylation sites is 1. The zero-order chi connectivity index (χ0) is 19.2. The van der Waals surface area contributed by atoms with Crippen LogP contribution in [0.3, 0.4) is 0 Å². The molecular formula is C23H23N3O2. The summed E-state index contributed by atoms with van der Waals surface area (Å²) >= 11 is 0. The van der Waals surface area contributed by atoms with Gasteiger partial charge in [-0.1, -0.05) is 30.3 Å². The molecule has 5 nitrogen and oxygen atoms in total. The molecule has 5 heteroatoms. The first-order valence-electron chi connectivity index (χ1n) is 9.54. The summed E-state index contributed by atoms with van der Waals surface area (Å²) in [4.78, 5) is 22.1. The van der Waals surface area contributed by atoms with Gasteiger partial charge in [0, 0.05) is 24.6 Å². The van der Waals surface area contributed by atoms with Crippen LogP contribution < -0.4 is 10.8 Å². The summed E-state index contributed by atoms with van der Waals surface area (Å²) in [6.07, 6.45) is 7.02. The number of aromatic nitrogens is 1. The van der Waals surface area contributed by atoms with Crippen LogP contribution in [0.1, 0.15) is 39.0 Å². The molecule has 1 heterocycles. The van der Waals surface area contributed by atoms with Crippen molar-refractivity contribution in [1.82, 2.24) is 10.5 Å². The largest absolute Gasteiger partial charge is 0.380 e. The van der Waals surface area contributed by atoms with Gasteiger partial charge in [0.2, 0.25) is 0 Å². The number of aryl methyl sites for hydroxylation is 2. The van der Waals surface area contributed by atoms with Crippen LogP contribution in [-0.4, -0.2) is 10.9 Å². The van der Waals surface area contributed by atoms with Gasteiger partial charge in [0.25, 0.3) is 5.91 Å². The summed E-state index contributed by atoms with van der Waals surface area (Å²) in [5, 5.41) is 3.30. The number of fused-ring (bicyclic) bond motifs is 1. The van der Waals surface area contributed by atoms with Gasteiger partial charge in [0.05, 0.1) is 12.2 Å². The Balaban J connectivity index is 1.34. The highest BCUT2D eigenvalue weighted by Crippen LogP contribution is 2.23. The van der Waals surface area contributed by atoms with Crippen molar-refractivity contribution in [3.8, 4) is 0 Å². The van der Waals surface area contributed by atoms with E-state index in [0.717, 1.165) is 29.7 Å². The molecule has 0 fully saturated rings. The molecule has 0 atom stereocenters. The number of carbonyl (C=O) groups is 1. The maximum Gasteiger partial charge on any atom is 0.276 e. The van der Waals surface area contributed by atoms with E-state index < -0.39 is 0 Å². The molecule has 0 radical (unpaired) electrons. The number of hydrogen-bond acceptors (Lipinski definition) is 4. The smallest absolute Gasteiger partial charge is 0.276 e. The first kappa shape index (κ1) is 18.2. The van der Waals surface area contributed by atoms with Gasteiger partial charge in [0.1, 0.15) is 0 Å². The van der Waals surface area contributed by atoms with Crippen LogP contribution in [0.25, 0.3) is 0 Å². The molecule has 1 aliphatic carbocycles. The minimum atomic E-state index is -0.265. The summed E-state index contributed by atoms with van der Waals surface area (Å²) in [5.74, 6) is -0.265. The van der Waals surface area contributed by atoms with Crippen molar-refractivity contribution in [2.45, 2.75) is 32.4 Å². The Morgan fingerprint density at radius 3 is 2.68 bits per heavy atom. The van der Waals surface area contributed by atoms with Crippen LogP contribution in [0.5, 0.6) is 0 Å². The molecule has 0 spiro atoms. The SMILES string of the molecule is O=C(NOCc1ccc2c(c1)CCC2)c1ccccc1NCc1ccncc1. The van der Waals surface area contributed by atoms with Crippen molar-refractivity contribution < 1.29 is 9.63 Å². The second-order valence-corrected chi connectivity index (χ2v) is 6.93. The molecular weight excluding hydrogens is 350 g/mol. The second kappa shape index (κ2) is 8.67. The van der Waals surface area contributed by atoms with E-state index in [1.54, 1.807) is 18.5 Å². The van der Waals surface area contributed by atoms with Crippen molar-refractivity contribution in [2.24, 2.45) is 0 Å². The van der Waals surface area contributed by atoms with Crippen molar-refractivity contribution in [2.75, 3.05) is 5.32 Å². The summed E-state index contributed by atoms with van der Waals surface area (Å²) in [6.45, 7) is 0.967. The minimum absolute atomic E-state index is 0.265. The molecule has 142 valence electrons. The molecule has 2 aromatic carbocycles. The lowest BCUT2D eigenvalue weighted by molar-refractivity contribution is 0.0234. The number of rotatable bonds is 7. The maximum atomic E-state index is 12.6. The Morgan fingerprint density at radius 1 is 0.964 bits per heavy atom. The molecule has 3 aromatic rings. The lowest BCUT2D eigenvalue weighted by Gasteiger charge is -2.12. The number of nitrogens with one attached hydrogen (secondary N) is 2. The van der Waals surface area contributed by atoms with Crippen LogP contribution >= 0.6 is 0 Å². The van der Waals surface area contributed by atoms with Crippen LogP contribution in [0.4, 0.5) is 5.69 Å². The van der Waals surface area contributed by atoms with Crippen LogP contribution in [0.15, 0.2) is 67.0 Å². The second-order valence-electron chi connectivity index (χ2n) is 6.93. The number of benzene rings is 2. The van der Waals surface area contributed by atoms with E-state index in [1.807, 2.05) is 30.3 Å². The van der Waals surface area contributed by atoms with E-state index in [2.05, 4.69) is 34.0 Å². The van der Waals surface area contributed by atoms with Crippen molar-refractivity contribution in [3.63, 3.8) is 0 Å². The van der Waals surface area contributed by atoms with Crippen molar-refractivity contribution in [3.05, 3.63) is 94.8 Å². The molecule has 28 heavy (non-hydrogen) atoms. The van der Waals surface area contributed by atoms with Crippen LogP contribution in [-0.2, 0) is 30.8 Å². The summed E-state index contributed by atoms with van der Waals surface area (Å²) in [7, 11) is 0. The Morgan fingerprint density at radius 2 is 1.79 bits per heavy atom. The van der Waals surface area contributed by atoms with Gasteiger partial charge in [-0.15, -0.1) is 0 Å². The van der Waals surface area contributed by atoms with Gasteiger partial charge in [-0.25, -0.2) is 5.48 Å². The molecule has 2 N–H and O–H groups in total. The van der Waals surface area contributed by atoms with Gasteiger partial charge in [-0.05, 0) is 65.8 Å². The monoisotopic (exact) mass is 373 g/mol. The fourth-order valence-corrected chi connectivity index (χ4v) is 3.49. The molecule has 0 saturated carbocycles. The van der Waals surface area contributed by atoms with Crippen LogP contribution in [0, 0.1) is 0 Å². The fraction of sp³-hybridized carbons (Fsp3) is 0.217. The molecule has 0 unspecified atom stereocenters. The molecule has 0 saturated heterocycles. The summed E-state index contributed by atoms with van der Waals surface area (Å²) in [5.41, 5.74) is 8.88. The molecule has 1 amide bonds. The maximum absolute atomic E-state index is 12.6. The predicted molar refractivity (Wildman–Crippen MR) is 109 cm³/mol. The average molecular weight is 373 g/mol. The number of pyridine rings is 1. The number of anilines is 1. The molecule has 0 aliphatic heterocycles. The lowest BCUT2D eigenvalue weighted by Crippen LogP contribution is -2.24. The summed E-state index contributed by atoms with van der Waals surface area (Å²) in [6, 6.07) is 17.7. The molecule has 4 rings (SSSR count). The van der Waals surface area contributed by atoms with Crippen LogP contribution in [0.2, 0.25) is 0 Å². The quantitative estimate of drug-likeness (QED) is 0.614.